The summed E-state index contributed by atoms with van der Waals surface area (Å²) in [5, 5.41) is 3.88. The first-order valence-corrected chi connectivity index (χ1v) is 11.1. The lowest BCUT2D eigenvalue weighted by Gasteiger charge is -2.36. The van der Waals surface area contributed by atoms with Crippen LogP contribution in [-0.2, 0) is 15.7 Å². The number of halogens is 3. The second-order valence-electron chi connectivity index (χ2n) is 8.95. The van der Waals surface area contributed by atoms with Gasteiger partial charge in [0.05, 0.1) is 23.5 Å². The fourth-order valence-corrected chi connectivity index (χ4v) is 4.55. The number of nitrogens with one attached hydrogen (secondary N) is 2. The third kappa shape index (κ3) is 4.44. The van der Waals surface area contributed by atoms with Gasteiger partial charge in [-0.2, -0.15) is 13.2 Å². The summed E-state index contributed by atoms with van der Waals surface area (Å²) in [6, 6.07) is 11.1. The first-order chi connectivity index (χ1) is 15.8. The summed E-state index contributed by atoms with van der Waals surface area (Å²) < 4.78 is 49.6. The number of methoxy groups -OCH3 is 1. The van der Waals surface area contributed by atoms with E-state index >= 15 is 0 Å². The maximum atomic E-state index is 12.7. The predicted molar refractivity (Wildman–Crippen MR) is 118 cm³/mol. The molecule has 2 aliphatic rings. The Morgan fingerprint density at radius 3 is 2.42 bits per heavy atom. The van der Waals surface area contributed by atoms with Gasteiger partial charge >= 0.3 is 6.18 Å². The molecule has 2 saturated carbocycles. The van der Waals surface area contributed by atoms with Gasteiger partial charge in [-0.05, 0) is 67.5 Å². The van der Waals surface area contributed by atoms with E-state index in [0.29, 0.717) is 5.75 Å². The normalized spacial score (nSPS) is 24.7. The molecular weight excluding hydrogens is 433 g/mol. The van der Waals surface area contributed by atoms with E-state index in [1.165, 1.54) is 0 Å². The van der Waals surface area contributed by atoms with Crippen molar-refractivity contribution < 1.29 is 27.4 Å². The fourth-order valence-electron chi connectivity index (χ4n) is 4.55. The minimum absolute atomic E-state index is 0.00565. The molecule has 0 atom stereocenters. The average Bonchev–Trinajstić information content (AvgIpc) is 3.11. The number of carbonyl (C=O) groups is 1. The molecule has 2 aromatic carbocycles. The van der Waals surface area contributed by atoms with Gasteiger partial charge in [-0.15, -0.1) is 0 Å². The van der Waals surface area contributed by atoms with E-state index in [1.807, 2.05) is 18.2 Å². The first-order valence-electron chi connectivity index (χ1n) is 11.1. The molecule has 0 unspecified atom stereocenters. The van der Waals surface area contributed by atoms with Gasteiger partial charge in [0, 0.05) is 30.1 Å². The molecule has 2 fully saturated rings. The second-order valence-corrected chi connectivity index (χ2v) is 8.95. The summed E-state index contributed by atoms with van der Waals surface area (Å²) >= 11 is 0. The van der Waals surface area contributed by atoms with Crippen molar-refractivity contribution in [3.05, 3.63) is 59.8 Å². The summed E-state index contributed by atoms with van der Waals surface area (Å²) in [5.74, 6) is 0.864. The van der Waals surface area contributed by atoms with Crippen molar-refractivity contribution in [2.45, 2.75) is 50.0 Å². The topological polar surface area (TPSA) is 63.3 Å². The molecule has 8 heteroatoms. The summed E-state index contributed by atoms with van der Waals surface area (Å²) in [4.78, 5) is 15.7. The maximum Gasteiger partial charge on any atom is 0.416 e. The molecule has 5 nitrogen and oxygen atoms in total. The van der Waals surface area contributed by atoms with Crippen molar-refractivity contribution in [3.8, 4) is 5.75 Å². The largest absolute Gasteiger partial charge is 0.490 e. The minimum Gasteiger partial charge on any atom is -0.490 e. The Morgan fingerprint density at radius 2 is 1.76 bits per heavy atom. The van der Waals surface area contributed by atoms with Crippen molar-refractivity contribution in [1.29, 1.82) is 0 Å². The molecule has 0 spiro atoms. The third-order valence-corrected chi connectivity index (χ3v) is 6.82. The number of alkyl halides is 3. The van der Waals surface area contributed by atoms with Crippen LogP contribution in [0.15, 0.2) is 48.7 Å². The van der Waals surface area contributed by atoms with Gasteiger partial charge in [-0.1, -0.05) is 12.1 Å². The number of H-pyrrole nitrogens is 1. The van der Waals surface area contributed by atoms with Crippen LogP contribution in [0.3, 0.4) is 0 Å². The van der Waals surface area contributed by atoms with Crippen molar-refractivity contribution in [1.82, 2.24) is 4.98 Å². The van der Waals surface area contributed by atoms with Crippen LogP contribution in [0, 0.1) is 5.92 Å². The summed E-state index contributed by atoms with van der Waals surface area (Å²) in [7, 11) is 1.66. The van der Waals surface area contributed by atoms with Crippen LogP contribution < -0.4 is 10.1 Å². The molecular formula is C25H25F3N2O3. The van der Waals surface area contributed by atoms with Gasteiger partial charge in [0.15, 0.2) is 0 Å². The molecule has 1 heterocycles. The Bertz CT molecular complexity index is 1140. The van der Waals surface area contributed by atoms with Crippen LogP contribution in [0.25, 0.3) is 10.9 Å². The standard InChI is InChI=1S/C25H25F3N2O3/c1-32-19-10-16(11-19)24(31)30-23-13-29-22-7-6-18(12-21(22)23)33-20-8-15(9-20)14-2-4-17(5-3-14)25(26,27)28/h2-7,12-13,15-16,19-20,29H,8-11H2,1H3,(H,30,31)/t15-,16?,19?,20+. The Hall–Kier alpha value is -3.00. The number of anilines is 1. The highest BCUT2D eigenvalue weighted by Crippen LogP contribution is 2.41. The highest BCUT2D eigenvalue weighted by molar-refractivity contribution is 6.03. The van der Waals surface area contributed by atoms with Crippen LogP contribution in [-0.4, -0.2) is 30.2 Å². The van der Waals surface area contributed by atoms with Gasteiger partial charge in [0.25, 0.3) is 0 Å². The Balaban J connectivity index is 1.19. The van der Waals surface area contributed by atoms with E-state index in [-0.39, 0.29) is 30.0 Å². The van der Waals surface area contributed by atoms with Crippen molar-refractivity contribution in [2.24, 2.45) is 5.92 Å². The maximum absolute atomic E-state index is 12.7. The molecule has 0 aliphatic heterocycles. The zero-order valence-corrected chi connectivity index (χ0v) is 18.1. The Labute approximate surface area is 189 Å². The lowest BCUT2D eigenvalue weighted by Crippen LogP contribution is -2.38. The van der Waals surface area contributed by atoms with Crippen LogP contribution in [0.2, 0.25) is 0 Å². The molecule has 0 radical (unpaired) electrons. The number of amides is 1. The predicted octanol–water partition coefficient (Wildman–Crippen LogP) is 5.88. The molecule has 1 aromatic heterocycles. The number of rotatable bonds is 6. The van der Waals surface area contributed by atoms with Crippen molar-refractivity contribution in [2.75, 3.05) is 12.4 Å². The van der Waals surface area contributed by atoms with Gasteiger partial charge < -0.3 is 19.8 Å². The van der Waals surface area contributed by atoms with Crippen LogP contribution in [0.4, 0.5) is 18.9 Å². The monoisotopic (exact) mass is 458 g/mol. The number of aromatic amines is 1. The highest BCUT2D eigenvalue weighted by Gasteiger charge is 2.35. The smallest absolute Gasteiger partial charge is 0.416 e. The summed E-state index contributed by atoms with van der Waals surface area (Å²) in [5.41, 5.74) is 1.90. The Kier molecular flexibility index (Phi) is 5.56. The fraction of sp³-hybridized carbons (Fsp3) is 0.400. The van der Waals surface area contributed by atoms with Crippen LogP contribution >= 0.6 is 0 Å². The molecule has 2 aliphatic carbocycles. The van der Waals surface area contributed by atoms with Gasteiger partial charge in [0.2, 0.25) is 5.91 Å². The average molecular weight is 458 g/mol. The number of fused-ring (bicyclic) bond motifs is 1. The summed E-state index contributed by atoms with van der Waals surface area (Å²) in [6.07, 6.45) is 0.615. The molecule has 1 amide bonds. The number of hydrogen-bond acceptors (Lipinski definition) is 3. The molecule has 5 rings (SSSR count). The zero-order chi connectivity index (χ0) is 23.2. The number of hydrogen-bond donors (Lipinski definition) is 2. The zero-order valence-electron chi connectivity index (χ0n) is 18.1. The van der Waals surface area contributed by atoms with Gasteiger partial charge in [0.1, 0.15) is 5.75 Å². The quantitative estimate of drug-likeness (QED) is 0.485. The number of benzene rings is 2. The second kappa shape index (κ2) is 8.41. The minimum atomic E-state index is -4.32. The van der Waals surface area contributed by atoms with Crippen LogP contribution in [0.5, 0.6) is 5.75 Å². The van der Waals surface area contributed by atoms with Gasteiger partial charge in [-0.3, -0.25) is 4.79 Å². The van der Waals surface area contributed by atoms with E-state index in [9.17, 15) is 18.0 Å². The highest BCUT2D eigenvalue weighted by atomic mass is 19.4. The first kappa shape index (κ1) is 21.8. The van der Waals surface area contributed by atoms with Crippen molar-refractivity contribution in [3.63, 3.8) is 0 Å². The molecule has 33 heavy (non-hydrogen) atoms. The van der Waals surface area contributed by atoms with Gasteiger partial charge in [-0.25, -0.2) is 0 Å². The third-order valence-electron chi connectivity index (χ3n) is 6.82. The number of ether oxygens (including phenoxy) is 2. The molecule has 174 valence electrons. The van der Waals surface area contributed by atoms with E-state index in [4.69, 9.17) is 9.47 Å². The number of carbonyl (C=O) groups excluding carboxylic acids is 1. The number of aromatic nitrogens is 1. The molecule has 0 bridgehead atoms. The molecule has 0 saturated heterocycles. The lowest BCUT2D eigenvalue weighted by atomic mass is 9.77. The molecule has 3 aromatic rings. The SMILES string of the molecule is COC1CC(C(=O)Nc2c[nH]c3ccc(O[C@H]4C[C@@H](c5ccc(C(F)(F)F)cc5)C4)cc23)C1. The Morgan fingerprint density at radius 1 is 1.03 bits per heavy atom. The van der Waals surface area contributed by atoms with E-state index in [2.05, 4.69) is 10.3 Å². The van der Waals surface area contributed by atoms with E-state index in [1.54, 1.807) is 25.4 Å². The lowest BCUT2D eigenvalue weighted by molar-refractivity contribution is -0.137. The van der Waals surface area contributed by atoms with E-state index < -0.39 is 11.7 Å². The van der Waals surface area contributed by atoms with E-state index in [0.717, 1.165) is 60.0 Å². The molecule has 2 N–H and O–H groups in total. The van der Waals surface area contributed by atoms with Crippen molar-refractivity contribution >= 4 is 22.5 Å². The van der Waals surface area contributed by atoms with Crippen LogP contribution in [0.1, 0.15) is 42.7 Å². The summed E-state index contributed by atoms with van der Waals surface area (Å²) in [6.45, 7) is 0.